The van der Waals surface area contributed by atoms with Gasteiger partial charge in [0.15, 0.2) is 4.77 Å². The van der Waals surface area contributed by atoms with E-state index in [9.17, 15) is 4.79 Å². The van der Waals surface area contributed by atoms with Crippen molar-refractivity contribution in [2.45, 2.75) is 33.7 Å². The Morgan fingerprint density at radius 2 is 2.20 bits per heavy atom. The number of benzene rings is 1. The molecule has 0 bridgehead atoms. The zero-order valence-corrected chi connectivity index (χ0v) is 13.0. The molecule has 0 radical (unpaired) electrons. The number of nitrogens with one attached hydrogen (secondary N) is 2. The number of para-hydroxylation sites is 1. The second-order valence-corrected chi connectivity index (χ2v) is 5.89. The van der Waals surface area contributed by atoms with Crippen LogP contribution in [0.5, 0.6) is 0 Å². The lowest BCUT2D eigenvalue weighted by Crippen LogP contribution is -2.28. The van der Waals surface area contributed by atoms with Crippen molar-refractivity contribution >= 4 is 29.2 Å². The quantitative estimate of drug-likeness (QED) is 0.831. The van der Waals surface area contributed by atoms with Gasteiger partial charge in [-0.3, -0.25) is 4.79 Å². The van der Waals surface area contributed by atoms with Gasteiger partial charge < -0.3 is 14.9 Å². The Kier molecular flexibility index (Phi) is 4.60. The van der Waals surface area contributed by atoms with Crippen LogP contribution in [0, 0.1) is 17.6 Å². The molecule has 0 spiro atoms. The summed E-state index contributed by atoms with van der Waals surface area (Å²) < 4.78 is 2.66. The summed E-state index contributed by atoms with van der Waals surface area (Å²) in [5.74, 6) is 0.541. The fraction of sp³-hybridized carbons (Fsp3) is 0.467. The Morgan fingerprint density at radius 1 is 1.45 bits per heavy atom. The number of H-pyrrole nitrogens is 1. The van der Waals surface area contributed by atoms with Crippen LogP contribution < -0.4 is 5.32 Å². The van der Waals surface area contributed by atoms with Crippen LogP contribution in [0.3, 0.4) is 0 Å². The van der Waals surface area contributed by atoms with Crippen LogP contribution in [0.1, 0.15) is 25.8 Å². The van der Waals surface area contributed by atoms with Gasteiger partial charge in [0.05, 0.1) is 11.0 Å². The van der Waals surface area contributed by atoms with Gasteiger partial charge in [0, 0.05) is 19.5 Å². The van der Waals surface area contributed by atoms with E-state index in [0.29, 0.717) is 23.7 Å². The Hall–Kier alpha value is -1.62. The molecule has 20 heavy (non-hydrogen) atoms. The molecule has 0 atom stereocenters. The first-order valence-corrected chi connectivity index (χ1v) is 7.34. The van der Waals surface area contributed by atoms with Crippen LogP contribution in [0.2, 0.25) is 0 Å². The van der Waals surface area contributed by atoms with Crippen molar-refractivity contribution in [1.82, 2.24) is 14.9 Å². The third kappa shape index (κ3) is 3.28. The lowest BCUT2D eigenvalue weighted by atomic mass is 10.2. The van der Waals surface area contributed by atoms with Gasteiger partial charge in [-0.05, 0) is 36.7 Å². The summed E-state index contributed by atoms with van der Waals surface area (Å²) >= 11 is 5.35. The van der Waals surface area contributed by atoms with Gasteiger partial charge >= 0.3 is 0 Å². The van der Waals surface area contributed by atoms with Gasteiger partial charge in [0.2, 0.25) is 5.91 Å². The third-order valence-corrected chi connectivity index (χ3v) is 3.61. The first kappa shape index (κ1) is 14.8. The molecule has 1 amide bonds. The van der Waals surface area contributed by atoms with Crippen molar-refractivity contribution in [3.05, 3.63) is 28.5 Å². The summed E-state index contributed by atoms with van der Waals surface area (Å²) in [6.45, 7) is 7.54. The maximum absolute atomic E-state index is 11.8. The van der Waals surface area contributed by atoms with Gasteiger partial charge in [-0.1, -0.05) is 26.0 Å². The summed E-state index contributed by atoms with van der Waals surface area (Å²) in [4.78, 5) is 15.0. The molecule has 0 saturated carbocycles. The molecule has 0 unspecified atom stereocenters. The van der Waals surface area contributed by atoms with Crippen LogP contribution in [0.15, 0.2) is 18.2 Å². The maximum Gasteiger partial charge on any atom is 0.221 e. The van der Waals surface area contributed by atoms with Gasteiger partial charge in [0.1, 0.15) is 0 Å². The molecule has 1 heterocycles. The van der Waals surface area contributed by atoms with Crippen molar-refractivity contribution in [2.75, 3.05) is 6.54 Å². The zero-order chi connectivity index (χ0) is 14.7. The van der Waals surface area contributed by atoms with Crippen LogP contribution in [-0.4, -0.2) is 22.0 Å². The number of aromatic amines is 1. The molecule has 0 aliphatic heterocycles. The molecular formula is C15H21N3OS. The summed E-state index contributed by atoms with van der Waals surface area (Å²) in [6, 6.07) is 6.09. The molecule has 108 valence electrons. The van der Waals surface area contributed by atoms with Crippen LogP contribution >= 0.6 is 12.2 Å². The van der Waals surface area contributed by atoms with Crippen molar-refractivity contribution in [3.8, 4) is 0 Å². The number of hydrogen-bond acceptors (Lipinski definition) is 2. The van der Waals surface area contributed by atoms with E-state index in [4.69, 9.17) is 12.2 Å². The van der Waals surface area contributed by atoms with E-state index in [0.717, 1.165) is 23.1 Å². The minimum absolute atomic E-state index is 0.0719. The first-order chi connectivity index (χ1) is 9.49. The molecule has 2 rings (SSSR count). The van der Waals surface area contributed by atoms with Crippen molar-refractivity contribution in [2.24, 2.45) is 5.92 Å². The minimum Gasteiger partial charge on any atom is -0.356 e. The van der Waals surface area contributed by atoms with E-state index in [1.54, 1.807) is 0 Å². The Labute approximate surface area is 124 Å². The monoisotopic (exact) mass is 291 g/mol. The number of rotatable bonds is 5. The standard InChI is InChI=1S/C15H21N3OS/c1-10(2)9-16-13(19)7-8-18-12-6-4-5-11(3)14(12)17-15(18)20/h4-6,10H,7-9H2,1-3H3,(H,16,19)(H,17,20). The van der Waals surface area contributed by atoms with E-state index >= 15 is 0 Å². The lowest BCUT2D eigenvalue weighted by Gasteiger charge is -2.08. The molecule has 0 saturated heterocycles. The van der Waals surface area contributed by atoms with Gasteiger partial charge in [-0.15, -0.1) is 0 Å². The highest BCUT2D eigenvalue weighted by Gasteiger charge is 2.08. The van der Waals surface area contributed by atoms with Gasteiger partial charge in [-0.25, -0.2) is 0 Å². The van der Waals surface area contributed by atoms with E-state index in [2.05, 4.69) is 24.1 Å². The van der Waals surface area contributed by atoms with E-state index in [1.165, 1.54) is 0 Å². The fourth-order valence-corrected chi connectivity index (χ4v) is 2.46. The molecule has 4 nitrogen and oxygen atoms in total. The average Bonchev–Trinajstić information content (AvgIpc) is 2.71. The summed E-state index contributed by atoms with van der Waals surface area (Å²) in [7, 11) is 0. The number of aryl methyl sites for hydroxylation is 2. The smallest absolute Gasteiger partial charge is 0.221 e. The molecule has 5 heteroatoms. The molecule has 2 aromatic rings. The van der Waals surface area contributed by atoms with Crippen molar-refractivity contribution in [1.29, 1.82) is 0 Å². The van der Waals surface area contributed by atoms with Gasteiger partial charge in [0.25, 0.3) is 0 Å². The highest BCUT2D eigenvalue weighted by atomic mass is 32.1. The van der Waals surface area contributed by atoms with Crippen molar-refractivity contribution in [3.63, 3.8) is 0 Å². The average molecular weight is 291 g/mol. The molecule has 2 N–H and O–H groups in total. The van der Waals surface area contributed by atoms with E-state index in [1.807, 2.05) is 29.7 Å². The predicted molar refractivity (Wildman–Crippen MR) is 84.3 cm³/mol. The van der Waals surface area contributed by atoms with Crippen LogP contribution in [0.25, 0.3) is 11.0 Å². The lowest BCUT2D eigenvalue weighted by molar-refractivity contribution is -0.121. The fourth-order valence-electron chi connectivity index (χ4n) is 2.17. The van der Waals surface area contributed by atoms with Gasteiger partial charge in [-0.2, -0.15) is 0 Å². The molecule has 0 aliphatic carbocycles. The number of fused-ring (bicyclic) bond motifs is 1. The highest BCUT2D eigenvalue weighted by molar-refractivity contribution is 7.71. The van der Waals surface area contributed by atoms with Crippen molar-refractivity contribution < 1.29 is 4.79 Å². The summed E-state index contributed by atoms with van der Waals surface area (Å²) in [5.41, 5.74) is 3.28. The molecule has 0 fully saturated rings. The Bertz CT molecular complexity index is 669. The number of hydrogen-bond donors (Lipinski definition) is 2. The van der Waals surface area contributed by atoms with E-state index in [-0.39, 0.29) is 5.91 Å². The predicted octanol–water partition coefficient (Wildman–Crippen LogP) is 3.17. The Morgan fingerprint density at radius 3 is 2.90 bits per heavy atom. The number of aromatic nitrogens is 2. The summed E-state index contributed by atoms with van der Waals surface area (Å²) in [6.07, 6.45) is 0.446. The number of carbonyl (C=O) groups is 1. The maximum atomic E-state index is 11.8. The second kappa shape index (κ2) is 6.22. The molecule has 1 aromatic carbocycles. The second-order valence-electron chi connectivity index (χ2n) is 5.50. The third-order valence-electron chi connectivity index (χ3n) is 3.29. The number of nitrogens with zero attached hydrogens (tertiary/aromatic N) is 1. The first-order valence-electron chi connectivity index (χ1n) is 6.94. The SMILES string of the molecule is Cc1cccc2c1[nH]c(=S)n2CCC(=O)NCC(C)C. The molecule has 0 aliphatic rings. The number of carbonyl (C=O) groups excluding carboxylic acids is 1. The number of imidazole rings is 1. The Balaban J connectivity index is 2.11. The summed E-state index contributed by atoms with van der Waals surface area (Å²) in [5, 5.41) is 2.93. The number of amides is 1. The topological polar surface area (TPSA) is 49.8 Å². The van der Waals surface area contributed by atoms with E-state index < -0.39 is 0 Å². The zero-order valence-electron chi connectivity index (χ0n) is 12.2. The minimum atomic E-state index is 0.0719. The highest BCUT2D eigenvalue weighted by Crippen LogP contribution is 2.18. The normalized spacial score (nSPS) is 11.2. The van der Waals surface area contributed by atoms with Crippen LogP contribution in [-0.2, 0) is 11.3 Å². The molecule has 1 aromatic heterocycles. The largest absolute Gasteiger partial charge is 0.356 e. The molecular weight excluding hydrogens is 270 g/mol. The van der Waals surface area contributed by atoms with Crippen LogP contribution in [0.4, 0.5) is 0 Å².